The lowest BCUT2D eigenvalue weighted by atomic mass is 10.3. The summed E-state index contributed by atoms with van der Waals surface area (Å²) in [6, 6.07) is 1.96. The van der Waals surface area contributed by atoms with Gasteiger partial charge in [0.1, 0.15) is 5.69 Å². The highest BCUT2D eigenvalue weighted by atomic mass is 79.9. The summed E-state index contributed by atoms with van der Waals surface area (Å²) in [6.07, 6.45) is 1.87. The molecule has 1 heterocycles. The van der Waals surface area contributed by atoms with E-state index in [9.17, 15) is 9.59 Å². The van der Waals surface area contributed by atoms with E-state index in [1.807, 2.05) is 24.6 Å². The molecule has 0 saturated carbocycles. The predicted molar refractivity (Wildman–Crippen MR) is 78.2 cm³/mol. The lowest BCUT2D eigenvalue weighted by Crippen LogP contribution is -2.38. The number of hydrogen-bond donors (Lipinski definition) is 0. The summed E-state index contributed by atoms with van der Waals surface area (Å²) < 4.78 is 2.75. The lowest BCUT2D eigenvalue weighted by Gasteiger charge is -2.21. The van der Waals surface area contributed by atoms with Gasteiger partial charge in [0.2, 0.25) is 5.91 Å². The lowest BCUT2D eigenvalue weighted by molar-refractivity contribution is -0.129. The van der Waals surface area contributed by atoms with Crippen molar-refractivity contribution < 1.29 is 9.59 Å². The highest BCUT2D eigenvalue weighted by Crippen LogP contribution is 2.20. The second kappa shape index (κ2) is 6.23. The van der Waals surface area contributed by atoms with Gasteiger partial charge in [-0.25, -0.2) is 0 Å². The Kier molecular flexibility index (Phi) is 5.17. The van der Waals surface area contributed by atoms with Crippen molar-refractivity contribution in [2.75, 3.05) is 27.7 Å². The van der Waals surface area contributed by atoms with Crippen molar-refractivity contribution in [3.8, 4) is 0 Å². The number of likely N-dealkylation sites (N-methyl/N-ethyl adjacent to an activating group) is 2. The van der Waals surface area contributed by atoms with Gasteiger partial charge in [0.25, 0.3) is 5.91 Å². The van der Waals surface area contributed by atoms with Crippen LogP contribution in [0.4, 0.5) is 0 Å². The number of halogens is 1. The minimum absolute atomic E-state index is 0.0761. The molecule has 0 unspecified atom stereocenters. The molecule has 0 radical (unpaired) electrons. The van der Waals surface area contributed by atoms with E-state index >= 15 is 0 Å². The summed E-state index contributed by atoms with van der Waals surface area (Å²) >= 11 is 3.38. The van der Waals surface area contributed by atoms with Crippen molar-refractivity contribution >= 4 is 27.7 Å². The van der Waals surface area contributed by atoms with Crippen LogP contribution in [-0.2, 0) is 4.79 Å². The molecular formula is C13H20BrN3O2. The summed E-state index contributed by atoms with van der Waals surface area (Å²) in [4.78, 5) is 26.9. The van der Waals surface area contributed by atoms with Gasteiger partial charge in [-0.05, 0) is 35.8 Å². The Morgan fingerprint density at radius 2 is 1.89 bits per heavy atom. The first-order valence-corrected chi connectivity index (χ1v) is 6.86. The summed E-state index contributed by atoms with van der Waals surface area (Å²) in [5.74, 6) is -0.257. The molecule has 1 rings (SSSR count). The fourth-order valence-corrected chi connectivity index (χ4v) is 2.09. The van der Waals surface area contributed by atoms with E-state index in [1.54, 1.807) is 27.2 Å². The van der Waals surface area contributed by atoms with Crippen molar-refractivity contribution in [3.05, 3.63) is 22.4 Å². The second-order valence-corrected chi connectivity index (χ2v) is 5.91. The molecule has 0 saturated heterocycles. The minimum Gasteiger partial charge on any atom is -0.347 e. The van der Waals surface area contributed by atoms with Gasteiger partial charge in [-0.1, -0.05) is 0 Å². The van der Waals surface area contributed by atoms with Crippen LogP contribution in [0.5, 0.6) is 0 Å². The molecule has 1 aromatic heterocycles. The molecule has 0 aliphatic heterocycles. The maximum atomic E-state index is 12.4. The van der Waals surface area contributed by atoms with Crippen LogP contribution in [0.1, 0.15) is 30.4 Å². The Morgan fingerprint density at radius 1 is 1.32 bits per heavy atom. The molecule has 106 valence electrons. The maximum absolute atomic E-state index is 12.4. The van der Waals surface area contributed by atoms with Gasteiger partial charge in [0.05, 0.1) is 6.54 Å². The highest BCUT2D eigenvalue weighted by Gasteiger charge is 2.20. The molecule has 0 spiro atoms. The van der Waals surface area contributed by atoms with Crippen LogP contribution < -0.4 is 0 Å². The average molecular weight is 330 g/mol. The Morgan fingerprint density at radius 3 is 2.37 bits per heavy atom. The van der Waals surface area contributed by atoms with Gasteiger partial charge in [-0.3, -0.25) is 9.59 Å². The van der Waals surface area contributed by atoms with Crippen LogP contribution in [0.15, 0.2) is 16.7 Å². The summed E-state index contributed by atoms with van der Waals surface area (Å²) in [7, 11) is 4.98. The molecular weight excluding hydrogens is 310 g/mol. The molecule has 2 amide bonds. The molecule has 0 fully saturated rings. The van der Waals surface area contributed by atoms with Crippen LogP contribution in [0, 0.1) is 0 Å². The second-order valence-electron chi connectivity index (χ2n) is 4.99. The average Bonchev–Trinajstić information content (AvgIpc) is 2.70. The number of nitrogens with zero attached hydrogens (tertiary/aromatic N) is 3. The van der Waals surface area contributed by atoms with Crippen molar-refractivity contribution in [1.82, 2.24) is 14.4 Å². The van der Waals surface area contributed by atoms with Gasteiger partial charge in [0, 0.05) is 37.9 Å². The van der Waals surface area contributed by atoms with Gasteiger partial charge < -0.3 is 14.4 Å². The van der Waals surface area contributed by atoms with E-state index in [1.165, 1.54) is 9.80 Å². The fourth-order valence-electron chi connectivity index (χ4n) is 1.66. The highest BCUT2D eigenvalue weighted by molar-refractivity contribution is 9.10. The van der Waals surface area contributed by atoms with E-state index in [0.29, 0.717) is 5.69 Å². The number of carbonyl (C=O) groups excluding carboxylic acids is 2. The predicted octanol–water partition coefficient (Wildman–Crippen LogP) is 1.99. The zero-order valence-corrected chi connectivity index (χ0v) is 13.6. The van der Waals surface area contributed by atoms with Crippen molar-refractivity contribution in [3.63, 3.8) is 0 Å². The first kappa shape index (κ1) is 15.8. The van der Waals surface area contributed by atoms with Crippen LogP contribution in [0.3, 0.4) is 0 Å². The van der Waals surface area contributed by atoms with Gasteiger partial charge in [-0.15, -0.1) is 0 Å². The van der Waals surface area contributed by atoms with E-state index in [4.69, 9.17) is 0 Å². The molecule has 1 aromatic rings. The van der Waals surface area contributed by atoms with Gasteiger partial charge in [-0.2, -0.15) is 0 Å². The summed E-state index contributed by atoms with van der Waals surface area (Å²) in [5.41, 5.74) is 0.580. The van der Waals surface area contributed by atoms with Crippen molar-refractivity contribution in [2.24, 2.45) is 0 Å². The first-order valence-electron chi connectivity index (χ1n) is 6.07. The number of amides is 2. The largest absolute Gasteiger partial charge is 0.347 e. The zero-order valence-electron chi connectivity index (χ0n) is 12.0. The monoisotopic (exact) mass is 329 g/mol. The number of rotatable bonds is 4. The molecule has 0 aliphatic rings. The molecule has 19 heavy (non-hydrogen) atoms. The molecule has 5 nitrogen and oxygen atoms in total. The minimum atomic E-state index is -0.158. The fraction of sp³-hybridized carbons (Fsp3) is 0.538. The van der Waals surface area contributed by atoms with Crippen LogP contribution in [0.25, 0.3) is 0 Å². The third-order valence-electron chi connectivity index (χ3n) is 2.81. The van der Waals surface area contributed by atoms with Gasteiger partial charge in [0.15, 0.2) is 0 Å². The van der Waals surface area contributed by atoms with Crippen LogP contribution in [-0.4, -0.2) is 53.9 Å². The Hall–Kier alpha value is -1.30. The molecule has 0 N–H and O–H groups in total. The van der Waals surface area contributed by atoms with E-state index in [-0.39, 0.29) is 24.4 Å². The third-order valence-corrected chi connectivity index (χ3v) is 3.24. The molecule has 0 aromatic carbocycles. The quantitative estimate of drug-likeness (QED) is 0.848. The SMILES string of the molecule is CC(C)n1cc(Br)cc1C(=O)N(C)CC(=O)N(C)C. The van der Waals surface area contributed by atoms with Gasteiger partial charge >= 0.3 is 0 Å². The normalized spacial score (nSPS) is 10.7. The molecule has 0 atom stereocenters. The molecule has 0 aliphatic carbocycles. The number of carbonyl (C=O) groups is 2. The summed E-state index contributed by atoms with van der Waals surface area (Å²) in [5, 5.41) is 0. The third kappa shape index (κ3) is 3.83. The number of hydrogen-bond acceptors (Lipinski definition) is 2. The van der Waals surface area contributed by atoms with Crippen LogP contribution >= 0.6 is 15.9 Å². The zero-order chi connectivity index (χ0) is 14.7. The Bertz CT molecular complexity index is 480. The van der Waals surface area contributed by atoms with Crippen molar-refractivity contribution in [2.45, 2.75) is 19.9 Å². The summed E-state index contributed by atoms with van der Waals surface area (Å²) in [6.45, 7) is 4.09. The maximum Gasteiger partial charge on any atom is 0.270 e. The van der Waals surface area contributed by atoms with E-state index in [0.717, 1.165) is 4.47 Å². The molecule has 6 heteroatoms. The van der Waals surface area contributed by atoms with E-state index < -0.39 is 0 Å². The standard InChI is InChI=1S/C13H20BrN3O2/c1-9(2)17-7-10(14)6-11(17)13(19)16(5)8-12(18)15(3)4/h6-7,9H,8H2,1-5H3. The number of aromatic nitrogens is 1. The topological polar surface area (TPSA) is 45.6 Å². The Balaban J connectivity index is 2.91. The smallest absolute Gasteiger partial charge is 0.270 e. The van der Waals surface area contributed by atoms with Crippen LogP contribution in [0.2, 0.25) is 0 Å². The Labute approximate surface area is 122 Å². The van der Waals surface area contributed by atoms with E-state index in [2.05, 4.69) is 15.9 Å². The molecule has 0 bridgehead atoms. The first-order chi connectivity index (χ1) is 8.73. The van der Waals surface area contributed by atoms with Crippen molar-refractivity contribution in [1.29, 1.82) is 0 Å².